The Morgan fingerprint density at radius 2 is 1.27 bits per heavy atom. The largest absolute Gasteiger partial charge is 0.385 e. The Morgan fingerprint density at radius 3 is 1.76 bits per heavy atom. The van der Waals surface area contributed by atoms with E-state index >= 15 is 0 Å². The summed E-state index contributed by atoms with van der Waals surface area (Å²) in [6.45, 7) is 5.43. The minimum Gasteiger partial charge on any atom is -0.379 e. The van der Waals surface area contributed by atoms with Gasteiger partial charge in [-0.25, -0.2) is 0 Å². The van der Waals surface area contributed by atoms with Gasteiger partial charge in [0.15, 0.2) is 5.78 Å². The van der Waals surface area contributed by atoms with Crippen LogP contribution in [0.2, 0.25) is 0 Å². The van der Waals surface area contributed by atoms with Crippen LogP contribution in [0.4, 0.5) is 0 Å². The van der Waals surface area contributed by atoms with Crippen LogP contribution in [0.25, 0.3) is 0 Å². The van der Waals surface area contributed by atoms with Crippen molar-refractivity contribution in [3.05, 3.63) is 12.2 Å². The maximum absolute atomic E-state index is 12.8. The van der Waals surface area contributed by atoms with Crippen LogP contribution in [-0.2, 0) is 18.6 Å². The maximum atomic E-state index is 12.8. The lowest BCUT2D eigenvalue weighted by molar-refractivity contribution is -0.883. The van der Waals surface area contributed by atoms with Crippen molar-refractivity contribution in [2.75, 3.05) is 48.1 Å². The average Bonchev–Trinajstić information content (AvgIpc) is 2.84. The Balaban J connectivity index is 3.71. The van der Waals surface area contributed by atoms with Gasteiger partial charge in [0, 0.05) is 20.1 Å². The van der Waals surface area contributed by atoms with E-state index in [9.17, 15) is 9.46 Å². The molecule has 0 amide bonds. The average molecular weight is 549 g/mol. The summed E-state index contributed by atoms with van der Waals surface area (Å²) in [7, 11) is 3.63. The van der Waals surface area contributed by atoms with Gasteiger partial charge in [-0.3, -0.25) is 4.57 Å². The van der Waals surface area contributed by atoms with Crippen LogP contribution in [0.5, 0.6) is 0 Å². The first-order chi connectivity index (χ1) is 17.7. The molecule has 2 unspecified atom stereocenters. The predicted octanol–water partition coefficient (Wildman–Crippen LogP) is 8.48. The fraction of sp³-hybridized carbons (Fsp3) is 0.933. The second kappa shape index (κ2) is 23.6. The Labute approximate surface area is 230 Å². The first kappa shape index (κ1) is 36.8. The molecule has 37 heavy (non-hydrogen) atoms. The Morgan fingerprint density at radius 1 is 0.757 bits per heavy atom. The van der Waals surface area contributed by atoms with Gasteiger partial charge in [0.25, 0.3) is 0 Å². The molecule has 0 spiro atoms. The summed E-state index contributed by atoms with van der Waals surface area (Å²) in [5.74, 6) is -0.442. The molecule has 0 aromatic carbocycles. The van der Waals surface area contributed by atoms with Crippen LogP contribution in [-0.4, -0.2) is 69.3 Å². The van der Waals surface area contributed by atoms with E-state index in [4.69, 9.17) is 14.0 Å². The summed E-state index contributed by atoms with van der Waals surface area (Å²) >= 11 is 0. The van der Waals surface area contributed by atoms with Crippen LogP contribution < -0.4 is 0 Å². The number of ether oxygens (including phenoxy) is 2. The van der Waals surface area contributed by atoms with E-state index in [0.29, 0.717) is 24.1 Å². The summed E-state index contributed by atoms with van der Waals surface area (Å²) in [6.07, 6.45) is 25.4. The van der Waals surface area contributed by atoms with E-state index in [1.54, 1.807) is 7.11 Å². The van der Waals surface area contributed by atoms with Crippen molar-refractivity contribution in [3.63, 3.8) is 0 Å². The highest BCUT2D eigenvalue weighted by molar-refractivity contribution is 7.53. The predicted molar refractivity (Wildman–Crippen MR) is 158 cm³/mol. The molecule has 0 aromatic heterocycles. The lowest BCUT2D eigenvalue weighted by atomic mass is 10.1. The van der Waals surface area contributed by atoms with Gasteiger partial charge in [-0.2, -0.15) is 0 Å². The molecule has 0 saturated carbocycles. The monoisotopic (exact) mass is 548 g/mol. The Kier molecular flexibility index (Phi) is 23.5. The van der Waals surface area contributed by atoms with Crippen molar-refractivity contribution in [2.45, 2.75) is 135 Å². The van der Waals surface area contributed by atoms with Gasteiger partial charge in [0.2, 0.25) is 0 Å². The summed E-state index contributed by atoms with van der Waals surface area (Å²) in [5, 5.41) is 0. The highest BCUT2D eigenvalue weighted by atomic mass is 31.2. The molecule has 0 radical (unpaired) electrons. The molecule has 0 heterocycles. The molecule has 3 atom stereocenters. The zero-order chi connectivity index (χ0) is 27.8. The zero-order valence-electron chi connectivity index (χ0n) is 25.4. The fourth-order valence-electron chi connectivity index (χ4n) is 4.55. The number of nitrogens with zero attached hydrogens (tertiary/aromatic N) is 1. The molecular weight excluding hydrogens is 485 g/mol. The Bertz CT molecular complexity index is 579. The van der Waals surface area contributed by atoms with Gasteiger partial charge in [-0.05, 0) is 38.5 Å². The molecule has 222 valence electrons. The number of allylic oxidation sites excluding steroid dienone is 2. The van der Waals surface area contributed by atoms with Gasteiger partial charge in [-0.15, -0.1) is 0 Å². The minimum absolute atomic E-state index is 0.0682. The van der Waals surface area contributed by atoms with Crippen molar-refractivity contribution in [1.29, 1.82) is 0 Å². The van der Waals surface area contributed by atoms with E-state index in [1.165, 1.54) is 89.9 Å². The van der Waals surface area contributed by atoms with Crippen molar-refractivity contribution in [1.82, 2.24) is 0 Å². The smallest absolute Gasteiger partial charge is 0.379 e. The van der Waals surface area contributed by atoms with Gasteiger partial charge in [0.05, 0.1) is 34.4 Å². The van der Waals surface area contributed by atoms with Crippen LogP contribution in [0.15, 0.2) is 12.2 Å². The van der Waals surface area contributed by atoms with E-state index in [2.05, 4.69) is 19.1 Å². The molecule has 0 aliphatic carbocycles. The number of hydrogen-bond acceptors (Lipinski definition) is 4. The number of rotatable bonds is 27. The standard InChI is InChI=1S/C30H62NO5P/c1-7-9-10-11-12-13-14-15-16-17-18-19-20-21-22-23-24-26-35-27-29(34-6)28-36-37(32,33)30(25-8-2)31(3,4)5/h15-16,29-30H,7-14,17-28H2,1-6H3/p+1/b16-15-/t29-,30?/m1/s1. The molecule has 0 aromatic rings. The van der Waals surface area contributed by atoms with E-state index in [0.717, 1.165) is 12.8 Å². The minimum atomic E-state index is -3.75. The Hall–Kier alpha value is -0.230. The molecule has 1 N–H and O–H groups in total. The second-order valence-electron chi connectivity index (χ2n) is 11.5. The third-order valence-electron chi connectivity index (χ3n) is 6.95. The quantitative estimate of drug-likeness (QED) is 0.0483. The number of unbranched alkanes of at least 4 members (excludes halogenated alkanes) is 13. The second-order valence-corrected chi connectivity index (χ2v) is 13.5. The van der Waals surface area contributed by atoms with E-state index in [1.807, 2.05) is 28.1 Å². The van der Waals surface area contributed by atoms with Crippen LogP contribution in [0.1, 0.15) is 123 Å². The normalized spacial score (nSPS) is 15.8. The van der Waals surface area contributed by atoms with Gasteiger partial charge in [-0.1, -0.05) is 90.2 Å². The van der Waals surface area contributed by atoms with Crippen molar-refractivity contribution < 1.29 is 27.9 Å². The molecule has 6 nitrogen and oxygen atoms in total. The van der Waals surface area contributed by atoms with Gasteiger partial charge >= 0.3 is 7.60 Å². The highest BCUT2D eigenvalue weighted by Crippen LogP contribution is 2.51. The molecule has 0 rings (SSSR count). The molecular formula is C30H63NO5P+. The maximum Gasteiger partial charge on any atom is 0.385 e. The molecule has 0 bridgehead atoms. The molecule has 0 saturated heterocycles. The lowest BCUT2D eigenvalue weighted by Crippen LogP contribution is -2.45. The van der Waals surface area contributed by atoms with Crippen LogP contribution >= 0.6 is 7.60 Å². The third kappa shape index (κ3) is 21.3. The highest BCUT2D eigenvalue weighted by Gasteiger charge is 2.42. The number of hydrogen-bond donors (Lipinski definition) is 1. The van der Waals surface area contributed by atoms with Gasteiger partial charge in [0.1, 0.15) is 6.10 Å². The molecule has 0 fully saturated rings. The summed E-state index contributed by atoms with van der Waals surface area (Å²) < 4.78 is 29.9. The van der Waals surface area contributed by atoms with E-state index < -0.39 is 13.4 Å². The van der Waals surface area contributed by atoms with Crippen molar-refractivity contribution >= 4 is 7.60 Å². The topological polar surface area (TPSA) is 65.0 Å². The first-order valence-corrected chi connectivity index (χ1v) is 16.9. The van der Waals surface area contributed by atoms with E-state index in [-0.39, 0.29) is 12.7 Å². The zero-order valence-corrected chi connectivity index (χ0v) is 26.3. The first-order valence-electron chi connectivity index (χ1n) is 15.2. The third-order valence-corrected chi connectivity index (χ3v) is 9.17. The number of methoxy groups -OCH3 is 1. The summed E-state index contributed by atoms with van der Waals surface area (Å²) in [6, 6.07) is 0. The SMILES string of the molecule is CCCCCCCC/C=C\CCCCCCCCCOC[C@H](COP(=O)(O)C(CCC)[N+](C)(C)C)OC. The van der Waals surface area contributed by atoms with Crippen LogP contribution in [0, 0.1) is 0 Å². The summed E-state index contributed by atoms with van der Waals surface area (Å²) in [5.41, 5.74) is 0. The van der Waals surface area contributed by atoms with Crippen LogP contribution in [0.3, 0.4) is 0 Å². The van der Waals surface area contributed by atoms with Crippen molar-refractivity contribution in [2.24, 2.45) is 0 Å². The van der Waals surface area contributed by atoms with Crippen molar-refractivity contribution in [3.8, 4) is 0 Å². The fourth-order valence-corrected chi connectivity index (χ4v) is 6.56. The van der Waals surface area contributed by atoms with Gasteiger partial charge < -0.3 is 23.4 Å². The lowest BCUT2D eigenvalue weighted by Gasteiger charge is -2.36. The number of quaternary nitrogens is 1. The molecule has 7 heteroatoms. The molecule has 0 aliphatic rings. The summed E-state index contributed by atoms with van der Waals surface area (Å²) in [4.78, 5) is 10.5. The molecule has 0 aliphatic heterocycles.